The maximum atomic E-state index is 9.29. The molecular formula is C7H14O6. The van der Waals surface area contributed by atoms with Gasteiger partial charge in [0.25, 0.3) is 0 Å². The largest absolute Gasteiger partial charge is 0.387 e. The van der Waals surface area contributed by atoms with E-state index in [1.54, 1.807) is 0 Å². The van der Waals surface area contributed by atoms with E-state index in [0.29, 0.717) is 0 Å². The van der Waals surface area contributed by atoms with Crippen molar-refractivity contribution >= 4 is 0 Å². The molecular weight excluding hydrogens is 180 g/mol. The quantitative estimate of drug-likeness (QED) is 0.301. The van der Waals surface area contributed by atoms with E-state index < -0.39 is 36.6 Å². The van der Waals surface area contributed by atoms with Crippen molar-refractivity contribution < 1.29 is 30.3 Å². The van der Waals surface area contributed by atoms with E-state index in [4.69, 9.17) is 5.11 Å². The van der Waals surface area contributed by atoms with Crippen LogP contribution in [0.15, 0.2) is 0 Å². The number of aliphatic hydroxyl groups is 5. The minimum atomic E-state index is -1.56. The van der Waals surface area contributed by atoms with Crippen LogP contribution in [0.3, 0.4) is 0 Å². The number of hydrogen-bond donors (Lipinski definition) is 5. The SMILES string of the molecule is COC1C(O)[C@H](O)C(O)C(O)[C@@H]1O. The summed E-state index contributed by atoms with van der Waals surface area (Å²) in [6, 6.07) is 0. The van der Waals surface area contributed by atoms with Gasteiger partial charge in [0.05, 0.1) is 0 Å². The van der Waals surface area contributed by atoms with E-state index in [-0.39, 0.29) is 0 Å². The molecule has 0 spiro atoms. The van der Waals surface area contributed by atoms with Gasteiger partial charge in [0, 0.05) is 7.11 Å². The molecule has 6 heteroatoms. The standard InChI is InChI=1S/C7H14O6/c1-13-7-5(11)3(9)2(8)4(10)6(7)12/h2-12H,1H3/t2?,3-,4?,5?,6+,7?/m1/s1. The summed E-state index contributed by atoms with van der Waals surface area (Å²) in [5.74, 6) is 0. The second-order valence-electron chi connectivity index (χ2n) is 3.15. The van der Waals surface area contributed by atoms with Crippen LogP contribution in [0, 0.1) is 0 Å². The van der Waals surface area contributed by atoms with E-state index in [1.165, 1.54) is 7.11 Å². The summed E-state index contributed by atoms with van der Waals surface area (Å²) in [5, 5.41) is 46.1. The van der Waals surface area contributed by atoms with Gasteiger partial charge in [-0.1, -0.05) is 0 Å². The number of rotatable bonds is 1. The maximum Gasteiger partial charge on any atom is 0.114 e. The van der Waals surface area contributed by atoms with E-state index in [1.807, 2.05) is 0 Å². The predicted octanol–water partition coefficient (Wildman–Crippen LogP) is -3.18. The third-order valence-electron chi connectivity index (χ3n) is 2.35. The van der Waals surface area contributed by atoms with E-state index >= 15 is 0 Å². The first kappa shape index (κ1) is 10.8. The second kappa shape index (κ2) is 3.87. The summed E-state index contributed by atoms with van der Waals surface area (Å²) < 4.78 is 4.67. The van der Waals surface area contributed by atoms with Crippen LogP contribution in [-0.2, 0) is 4.74 Å². The van der Waals surface area contributed by atoms with Crippen molar-refractivity contribution in [2.45, 2.75) is 36.6 Å². The normalized spacial score (nSPS) is 52.2. The predicted molar refractivity (Wildman–Crippen MR) is 40.8 cm³/mol. The zero-order chi connectivity index (χ0) is 10.2. The third-order valence-corrected chi connectivity index (χ3v) is 2.35. The molecule has 0 aromatic heterocycles. The summed E-state index contributed by atoms with van der Waals surface area (Å²) in [5.41, 5.74) is 0. The Kier molecular flexibility index (Phi) is 3.23. The molecule has 4 unspecified atom stereocenters. The molecule has 0 amide bonds. The molecule has 0 saturated heterocycles. The van der Waals surface area contributed by atoms with E-state index in [9.17, 15) is 20.4 Å². The molecule has 0 aromatic rings. The van der Waals surface area contributed by atoms with Gasteiger partial charge in [-0.05, 0) is 0 Å². The van der Waals surface area contributed by atoms with Gasteiger partial charge in [-0.25, -0.2) is 0 Å². The Labute approximate surface area is 75.0 Å². The van der Waals surface area contributed by atoms with Crippen LogP contribution in [-0.4, -0.2) is 69.3 Å². The highest BCUT2D eigenvalue weighted by atomic mass is 16.5. The van der Waals surface area contributed by atoms with Crippen LogP contribution < -0.4 is 0 Å². The lowest BCUT2D eigenvalue weighted by atomic mass is 9.85. The Balaban J connectivity index is 2.79. The monoisotopic (exact) mass is 194 g/mol. The van der Waals surface area contributed by atoms with Crippen molar-refractivity contribution in [1.82, 2.24) is 0 Å². The minimum absolute atomic E-state index is 1.09. The van der Waals surface area contributed by atoms with Crippen LogP contribution in [0.5, 0.6) is 0 Å². The Morgan fingerprint density at radius 2 is 1.00 bits per heavy atom. The highest BCUT2D eigenvalue weighted by Gasteiger charge is 2.48. The third kappa shape index (κ3) is 1.69. The van der Waals surface area contributed by atoms with Crippen molar-refractivity contribution in [2.24, 2.45) is 0 Å². The van der Waals surface area contributed by atoms with Gasteiger partial charge >= 0.3 is 0 Å². The Bertz CT molecular complexity index is 158. The molecule has 0 aromatic carbocycles. The lowest BCUT2D eigenvalue weighted by Crippen LogP contribution is -2.64. The first-order chi connectivity index (χ1) is 6.00. The van der Waals surface area contributed by atoms with Gasteiger partial charge in [0.15, 0.2) is 0 Å². The van der Waals surface area contributed by atoms with Gasteiger partial charge in [-0.2, -0.15) is 0 Å². The fourth-order valence-electron chi connectivity index (χ4n) is 1.48. The smallest absolute Gasteiger partial charge is 0.114 e. The van der Waals surface area contributed by atoms with E-state index in [0.717, 1.165) is 0 Å². The molecule has 1 aliphatic carbocycles. The van der Waals surface area contributed by atoms with Crippen LogP contribution in [0.25, 0.3) is 0 Å². The molecule has 0 bridgehead atoms. The molecule has 0 aliphatic heterocycles. The summed E-state index contributed by atoms with van der Waals surface area (Å²) in [6.07, 6.45) is -8.48. The molecule has 1 aliphatic rings. The van der Waals surface area contributed by atoms with E-state index in [2.05, 4.69) is 4.74 Å². The van der Waals surface area contributed by atoms with Crippen LogP contribution >= 0.6 is 0 Å². The summed E-state index contributed by atoms with van der Waals surface area (Å²) in [6.45, 7) is 0. The molecule has 1 fully saturated rings. The Morgan fingerprint density at radius 3 is 1.31 bits per heavy atom. The molecule has 13 heavy (non-hydrogen) atoms. The Morgan fingerprint density at radius 1 is 0.692 bits per heavy atom. The fourth-order valence-corrected chi connectivity index (χ4v) is 1.48. The lowest BCUT2D eigenvalue weighted by Gasteiger charge is -2.40. The molecule has 0 heterocycles. The number of methoxy groups -OCH3 is 1. The van der Waals surface area contributed by atoms with Gasteiger partial charge < -0.3 is 30.3 Å². The van der Waals surface area contributed by atoms with Gasteiger partial charge in [0.2, 0.25) is 0 Å². The van der Waals surface area contributed by atoms with Crippen molar-refractivity contribution in [2.75, 3.05) is 7.11 Å². The van der Waals surface area contributed by atoms with Gasteiger partial charge in [-0.3, -0.25) is 0 Å². The molecule has 78 valence electrons. The van der Waals surface area contributed by atoms with Crippen molar-refractivity contribution in [1.29, 1.82) is 0 Å². The zero-order valence-corrected chi connectivity index (χ0v) is 7.11. The molecule has 1 rings (SSSR count). The molecule has 5 N–H and O–H groups in total. The van der Waals surface area contributed by atoms with Crippen molar-refractivity contribution in [3.05, 3.63) is 0 Å². The average molecular weight is 194 g/mol. The second-order valence-corrected chi connectivity index (χ2v) is 3.15. The topological polar surface area (TPSA) is 110 Å². The van der Waals surface area contributed by atoms with Crippen LogP contribution in [0.1, 0.15) is 0 Å². The summed E-state index contributed by atoms with van der Waals surface area (Å²) in [4.78, 5) is 0. The van der Waals surface area contributed by atoms with Crippen molar-refractivity contribution in [3.8, 4) is 0 Å². The van der Waals surface area contributed by atoms with Crippen LogP contribution in [0.4, 0.5) is 0 Å². The number of aliphatic hydroxyl groups excluding tert-OH is 5. The lowest BCUT2D eigenvalue weighted by molar-refractivity contribution is -0.229. The molecule has 1 saturated carbocycles. The number of hydrogen-bond acceptors (Lipinski definition) is 6. The first-order valence-corrected chi connectivity index (χ1v) is 3.93. The fraction of sp³-hybridized carbons (Fsp3) is 1.00. The van der Waals surface area contributed by atoms with Crippen molar-refractivity contribution in [3.63, 3.8) is 0 Å². The molecule has 0 radical (unpaired) electrons. The first-order valence-electron chi connectivity index (χ1n) is 3.93. The Hall–Kier alpha value is -0.240. The average Bonchev–Trinajstić information content (AvgIpc) is 2.13. The van der Waals surface area contributed by atoms with Gasteiger partial charge in [-0.15, -0.1) is 0 Å². The highest BCUT2D eigenvalue weighted by molar-refractivity contribution is 4.99. The highest BCUT2D eigenvalue weighted by Crippen LogP contribution is 2.23. The minimum Gasteiger partial charge on any atom is -0.387 e. The molecule has 6 atom stereocenters. The van der Waals surface area contributed by atoms with Gasteiger partial charge in [0.1, 0.15) is 36.6 Å². The molecule has 6 nitrogen and oxygen atoms in total. The van der Waals surface area contributed by atoms with Crippen LogP contribution in [0.2, 0.25) is 0 Å². The number of ether oxygens (including phenoxy) is 1. The zero-order valence-electron chi connectivity index (χ0n) is 7.11. The summed E-state index contributed by atoms with van der Waals surface area (Å²) >= 11 is 0. The maximum absolute atomic E-state index is 9.29. The summed E-state index contributed by atoms with van der Waals surface area (Å²) in [7, 11) is 1.23.